The fraction of sp³-hybridized carbons (Fsp3) is 0.375. The second kappa shape index (κ2) is 9.07. The monoisotopic (exact) mass is 494 g/mol. The number of H-pyrrole nitrogens is 1. The first-order chi connectivity index (χ1) is 16.0. The fourth-order valence-corrected chi connectivity index (χ4v) is 5.89. The molecule has 1 fully saturated rings. The number of fused-ring (bicyclic) bond motifs is 1. The molecular formula is C24H25F3N2O4S. The normalized spacial score (nSPS) is 15.6. The van der Waals surface area contributed by atoms with Gasteiger partial charge in [0.1, 0.15) is 0 Å². The summed E-state index contributed by atoms with van der Waals surface area (Å²) in [5.74, 6) is -0.973. The van der Waals surface area contributed by atoms with Crippen LogP contribution in [0.2, 0.25) is 0 Å². The first-order valence-corrected chi connectivity index (χ1v) is 12.5. The predicted octanol–water partition coefficient (Wildman–Crippen LogP) is 5.26. The largest absolute Gasteiger partial charge is 0.469 e. The molecule has 0 radical (unpaired) electrons. The van der Waals surface area contributed by atoms with Crippen LogP contribution in [0, 0.1) is 0 Å². The van der Waals surface area contributed by atoms with Gasteiger partial charge in [-0.15, -0.1) is 0 Å². The Balaban J connectivity index is 2.09. The first-order valence-electron chi connectivity index (χ1n) is 11.0. The zero-order valence-electron chi connectivity index (χ0n) is 18.5. The van der Waals surface area contributed by atoms with Crippen molar-refractivity contribution < 1.29 is 31.1 Å². The molecule has 1 saturated carbocycles. The Morgan fingerprint density at radius 2 is 1.82 bits per heavy atom. The summed E-state index contributed by atoms with van der Waals surface area (Å²) in [5, 5.41) is 6.20. The molecule has 0 spiro atoms. The van der Waals surface area contributed by atoms with E-state index in [1.807, 2.05) is 0 Å². The minimum atomic E-state index is -4.70. The molecule has 10 heteroatoms. The lowest BCUT2D eigenvalue weighted by atomic mass is 9.82. The molecule has 0 amide bonds. The topological polar surface area (TPSA) is 102 Å². The van der Waals surface area contributed by atoms with Gasteiger partial charge in [-0.3, -0.25) is 4.79 Å². The Hall–Kier alpha value is -2.85. The number of hydrogen-bond donors (Lipinski definition) is 2. The number of methoxy groups -OCH3 is 1. The number of carbonyl (C=O) groups excluding carboxylic acids is 1. The summed E-state index contributed by atoms with van der Waals surface area (Å²) < 4.78 is 72.4. The van der Waals surface area contributed by atoms with Crippen LogP contribution in [-0.4, -0.2) is 26.5 Å². The molecule has 4 rings (SSSR count). The van der Waals surface area contributed by atoms with Crippen molar-refractivity contribution in [1.82, 2.24) is 4.98 Å². The van der Waals surface area contributed by atoms with E-state index >= 15 is 0 Å². The Kier molecular flexibility index (Phi) is 6.48. The third kappa shape index (κ3) is 4.69. The number of sulfonamides is 1. The van der Waals surface area contributed by atoms with Crippen molar-refractivity contribution in [3.8, 4) is 11.3 Å². The van der Waals surface area contributed by atoms with E-state index in [0.717, 1.165) is 31.4 Å². The summed E-state index contributed by atoms with van der Waals surface area (Å²) >= 11 is 0. The number of primary sulfonamides is 1. The van der Waals surface area contributed by atoms with Crippen LogP contribution in [0.3, 0.4) is 0 Å². The molecule has 1 heterocycles. The predicted molar refractivity (Wildman–Crippen MR) is 122 cm³/mol. The number of alkyl halides is 3. The molecule has 2 aromatic carbocycles. The molecule has 0 aliphatic heterocycles. The zero-order chi connectivity index (χ0) is 24.7. The summed E-state index contributed by atoms with van der Waals surface area (Å²) in [7, 11) is -3.21. The smallest absolute Gasteiger partial charge is 0.416 e. The standard InChI is InChI=1S/C24H25F3N2O4S/c1-33-21(30)13-18-16-9-5-6-10-20(16)29-22(18)19-12-15(24(25,26)27)11-17(23(19)34(28,31)32)14-7-3-2-4-8-14/h5-6,9-12,14,29H,2-4,7-8,13H2,1H3,(H2,28,31,32). The van der Waals surface area contributed by atoms with Gasteiger partial charge >= 0.3 is 12.1 Å². The van der Waals surface area contributed by atoms with Crippen molar-refractivity contribution in [2.45, 2.75) is 55.5 Å². The number of para-hydroxylation sites is 1. The van der Waals surface area contributed by atoms with Gasteiger partial charge < -0.3 is 9.72 Å². The van der Waals surface area contributed by atoms with Gasteiger partial charge in [0.25, 0.3) is 0 Å². The lowest BCUT2D eigenvalue weighted by Crippen LogP contribution is -2.20. The number of nitrogens with two attached hydrogens (primary N) is 1. The van der Waals surface area contributed by atoms with Crippen LogP contribution in [0.25, 0.3) is 22.2 Å². The van der Waals surface area contributed by atoms with E-state index in [4.69, 9.17) is 9.88 Å². The number of aromatic nitrogens is 1. The van der Waals surface area contributed by atoms with Gasteiger partial charge in [-0.05, 0) is 48.1 Å². The summed E-state index contributed by atoms with van der Waals surface area (Å²) in [6.45, 7) is 0. The third-order valence-electron chi connectivity index (χ3n) is 6.41. The quantitative estimate of drug-likeness (QED) is 0.472. The fourth-order valence-electron chi connectivity index (χ4n) is 4.87. The highest BCUT2D eigenvalue weighted by molar-refractivity contribution is 7.89. The summed E-state index contributed by atoms with van der Waals surface area (Å²) in [6, 6.07) is 8.58. The lowest BCUT2D eigenvalue weighted by molar-refractivity contribution is -0.140. The number of halogens is 3. The van der Waals surface area contributed by atoms with Crippen LogP contribution in [0.15, 0.2) is 41.3 Å². The van der Waals surface area contributed by atoms with Gasteiger partial charge in [-0.25, -0.2) is 13.6 Å². The summed E-state index contributed by atoms with van der Waals surface area (Å²) in [5.41, 5.74) is -0.0608. The highest BCUT2D eigenvalue weighted by Gasteiger charge is 2.36. The summed E-state index contributed by atoms with van der Waals surface area (Å²) in [6.07, 6.45) is -1.28. The Morgan fingerprint density at radius 3 is 2.44 bits per heavy atom. The van der Waals surface area contributed by atoms with Gasteiger partial charge in [0.2, 0.25) is 10.0 Å². The Labute approximate surface area is 195 Å². The van der Waals surface area contributed by atoms with Crippen LogP contribution in [0.5, 0.6) is 0 Å². The maximum atomic E-state index is 14.0. The Morgan fingerprint density at radius 1 is 1.15 bits per heavy atom. The molecular weight excluding hydrogens is 469 g/mol. The molecule has 0 saturated heterocycles. The number of aromatic amines is 1. The van der Waals surface area contributed by atoms with Crippen molar-refractivity contribution >= 4 is 26.9 Å². The molecule has 3 N–H and O–H groups in total. The minimum absolute atomic E-state index is 0.0784. The van der Waals surface area contributed by atoms with Gasteiger partial charge in [0.15, 0.2) is 0 Å². The van der Waals surface area contributed by atoms with Crippen molar-refractivity contribution in [3.63, 3.8) is 0 Å². The number of carbonyl (C=O) groups is 1. The minimum Gasteiger partial charge on any atom is -0.469 e. The molecule has 0 bridgehead atoms. The van der Waals surface area contributed by atoms with Gasteiger partial charge in [-0.1, -0.05) is 37.5 Å². The third-order valence-corrected chi connectivity index (χ3v) is 7.43. The maximum Gasteiger partial charge on any atom is 0.416 e. The van der Waals surface area contributed by atoms with Gasteiger partial charge in [0.05, 0.1) is 29.7 Å². The lowest BCUT2D eigenvalue weighted by Gasteiger charge is -2.26. The van der Waals surface area contributed by atoms with E-state index in [1.54, 1.807) is 24.3 Å². The number of nitrogens with one attached hydrogen (secondary N) is 1. The number of hydrogen-bond acceptors (Lipinski definition) is 4. The second-order valence-electron chi connectivity index (χ2n) is 8.60. The van der Waals surface area contributed by atoms with Crippen molar-refractivity contribution in [1.29, 1.82) is 0 Å². The number of ether oxygens (including phenoxy) is 1. The molecule has 1 aliphatic rings. The number of rotatable bonds is 5. The highest BCUT2D eigenvalue weighted by Crippen LogP contribution is 2.45. The van der Waals surface area contributed by atoms with E-state index in [9.17, 15) is 26.4 Å². The molecule has 0 unspecified atom stereocenters. The van der Waals surface area contributed by atoms with E-state index in [-0.39, 0.29) is 34.1 Å². The average molecular weight is 495 g/mol. The highest BCUT2D eigenvalue weighted by atomic mass is 32.2. The van der Waals surface area contributed by atoms with Crippen molar-refractivity contribution in [3.05, 3.63) is 53.1 Å². The van der Waals surface area contributed by atoms with Crippen LogP contribution in [-0.2, 0) is 32.2 Å². The molecule has 1 aliphatic carbocycles. The van der Waals surface area contributed by atoms with Gasteiger partial charge in [0, 0.05) is 16.5 Å². The molecule has 6 nitrogen and oxygen atoms in total. The molecule has 1 aromatic heterocycles. The SMILES string of the molecule is COC(=O)Cc1c(-c2cc(C(F)(F)F)cc(C3CCCCC3)c2S(N)(=O)=O)[nH]c2ccccc12. The van der Waals surface area contributed by atoms with E-state index in [2.05, 4.69) is 4.98 Å². The first kappa shape index (κ1) is 24.3. The second-order valence-corrected chi connectivity index (χ2v) is 10.1. The van der Waals surface area contributed by atoms with E-state index in [1.165, 1.54) is 7.11 Å². The van der Waals surface area contributed by atoms with Crippen LogP contribution in [0.4, 0.5) is 13.2 Å². The van der Waals surface area contributed by atoms with E-state index in [0.29, 0.717) is 29.3 Å². The van der Waals surface area contributed by atoms with Crippen LogP contribution < -0.4 is 5.14 Å². The number of benzene rings is 2. The summed E-state index contributed by atoms with van der Waals surface area (Å²) in [4.78, 5) is 14.9. The van der Waals surface area contributed by atoms with Crippen LogP contribution >= 0.6 is 0 Å². The molecule has 182 valence electrons. The number of esters is 1. The average Bonchev–Trinajstić information content (AvgIpc) is 3.15. The zero-order valence-corrected chi connectivity index (χ0v) is 19.4. The van der Waals surface area contributed by atoms with Crippen molar-refractivity contribution in [2.75, 3.05) is 7.11 Å². The maximum absolute atomic E-state index is 14.0. The Bertz CT molecular complexity index is 1340. The van der Waals surface area contributed by atoms with E-state index < -0.39 is 27.7 Å². The van der Waals surface area contributed by atoms with Crippen molar-refractivity contribution in [2.24, 2.45) is 5.14 Å². The molecule has 3 aromatic rings. The van der Waals surface area contributed by atoms with Gasteiger partial charge in [-0.2, -0.15) is 13.2 Å². The molecule has 0 atom stereocenters. The molecule has 34 heavy (non-hydrogen) atoms. The van der Waals surface area contributed by atoms with Crippen LogP contribution in [0.1, 0.15) is 54.7 Å².